The lowest BCUT2D eigenvalue weighted by Crippen LogP contribution is -2.03. The van der Waals surface area contributed by atoms with Crippen LogP contribution in [0.25, 0.3) is 22.4 Å². The van der Waals surface area contributed by atoms with Gasteiger partial charge in [0, 0.05) is 18.2 Å². The Kier molecular flexibility index (Phi) is 4.50. The highest BCUT2D eigenvalue weighted by Crippen LogP contribution is 2.32. The summed E-state index contributed by atoms with van der Waals surface area (Å²) < 4.78 is 26.6. The van der Waals surface area contributed by atoms with Gasteiger partial charge >= 0.3 is 0 Å². The smallest absolute Gasteiger partial charge is 0.141 e. The quantitative estimate of drug-likeness (QED) is 0.506. The third-order valence-electron chi connectivity index (χ3n) is 4.49. The van der Waals surface area contributed by atoms with Crippen LogP contribution in [0.1, 0.15) is 5.56 Å². The van der Waals surface area contributed by atoms with Gasteiger partial charge in [-0.1, -0.05) is 24.3 Å². The van der Waals surface area contributed by atoms with Crippen molar-refractivity contribution < 1.29 is 13.9 Å². The van der Waals surface area contributed by atoms with Crippen LogP contribution in [0.4, 0.5) is 4.39 Å². The topological polar surface area (TPSA) is 36.3 Å². The molecule has 0 spiro atoms. The molecule has 0 aliphatic heterocycles. The van der Waals surface area contributed by atoms with Crippen LogP contribution in [0.5, 0.6) is 11.5 Å². The summed E-state index contributed by atoms with van der Waals surface area (Å²) in [5.74, 6) is 1.90. The molecule has 0 unspecified atom stereocenters. The first-order chi connectivity index (χ1) is 13.2. The van der Waals surface area contributed by atoms with Crippen molar-refractivity contribution in [2.75, 3.05) is 14.2 Å². The van der Waals surface area contributed by atoms with E-state index in [0.717, 1.165) is 28.0 Å². The number of benzene rings is 3. The Morgan fingerprint density at radius 3 is 2.33 bits per heavy atom. The molecule has 0 radical (unpaired) electrons. The van der Waals surface area contributed by atoms with Crippen molar-refractivity contribution in [3.63, 3.8) is 0 Å². The van der Waals surface area contributed by atoms with E-state index in [0.29, 0.717) is 18.0 Å². The van der Waals surface area contributed by atoms with Crippen LogP contribution < -0.4 is 9.47 Å². The number of aromatic nitrogens is 2. The van der Waals surface area contributed by atoms with E-state index in [1.165, 1.54) is 6.07 Å². The average Bonchev–Trinajstić information content (AvgIpc) is 3.06. The number of hydrogen-bond acceptors (Lipinski definition) is 3. The van der Waals surface area contributed by atoms with E-state index in [-0.39, 0.29) is 5.82 Å². The standard InChI is InChI=1S/C22H19FN2O2/c1-26-18-11-16(12-19(13-18)27-2)22-24-20-8-3-4-9-21(20)25(22)14-15-6-5-7-17(23)10-15/h3-13H,14H2,1-2H3. The number of halogens is 1. The summed E-state index contributed by atoms with van der Waals surface area (Å²) in [6, 6.07) is 20.2. The van der Waals surface area contributed by atoms with E-state index in [1.54, 1.807) is 26.4 Å². The van der Waals surface area contributed by atoms with Gasteiger partial charge in [0.1, 0.15) is 23.1 Å². The van der Waals surface area contributed by atoms with Gasteiger partial charge < -0.3 is 14.0 Å². The number of nitrogens with zero attached hydrogens (tertiary/aromatic N) is 2. The summed E-state index contributed by atoms with van der Waals surface area (Å²) in [5, 5.41) is 0. The normalized spacial score (nSPS) is 10.9. The number of imidazole rings is 1. The van der Waals surface area contributed by atoms with E-state index in [9.17, 15) is 4.39 Å². The highest BCUT2D eigenvalue weighted by Gasteiger charge is 2.15. The summed E-state index contributed by atoms with van der Waals surface area (Å²) >= 11 is 0. The van der Waals surface area contributed by atoms with E-state index in [2.05, 4.69) is 4.57 Å². The van der Waals surface area contributed by atoms with Gasteiger partial charge in [0.25, 0.3) is 0 Å². The Morgan fingerprint density at radius 2 is 1.63 bits per heavy atom. The molecule has 136 valence electrons. The third kappa shape index (κ3) is 3.36. The fraction of sp³-hybridized carbons (Fsp3) is 0.136. The second-order valence-corrected chi connectivity index (χ2v) is 6.24. The molecule has 3 aromatic carbocycles. The lowest BCUT2D eigenvalue weighted by Gasteiger charge is -2.12. The molecule has 1 aromatic heterocycles. The fourth-order valence-corrected chi connectivity index (χ4v) is 3.21. The fourth-order valence-electron chi connectivity index (χ4n) is 3.21. The molecule has 0 aliphatic rings. The zero-order valence-electron chi connectivity index (χ0n) is 15.1. The van der Waals surface area contributed by atoms with Crippen molar-refractivity contribution in [3.8, 4) is 22.9 Å². The van der Waals surface area contributed by atoms with Gasteiger partial charge in [-0.2, -0.15) is 0 Å². The van der Waals surface area contributed by atoms with Crippen molar-refractivity contribution in [2.45, 2.75) is 6.54 Å². The van der Waals surface area contributed by atoms with Gasteiger partial charge in [-0.25, -0.2) is 9.37 Å². The van der Waals surface area contributed by atoms with Crippen LogP contribution in [0, 0.1) is 5.82 Å². The molecule has 5 heteroatoms. The minimum absolute atomic E-state index is 0.249. The average molecular weight is 362 g/mol. The molecule has 0 aliphatic carbocycles. The summed E-state index contributed by atoms with van der Waals surface area (Å²) in [5.41, 5.74) is 3.61. The molecule has 4 rings (SSSR count). The van der Waals surface area contributed by atoms with Gasteiger partial charge in [-0.3, -0.25) is 0 Å². The lowest BCUT2D eigenvalue weighted by atomic mass is 10.1. The summed E-state index contributed by atoms with van der Waals surface area (Å²) in [4.78, 5) is 4.81. The Morgan fingerprint density at radius 1 is 0.889 bits per heavy atom. The highest BCUT2D eigenvalue weighted by atomic mass is 19.1. The molecule has 0 atom stereocenters. The van der Waals surface area contributed by atoms with Crippen LogP contribution in [0.2, 0.25) is 0 Å². The van der Waals surface area contributed by atoms with Crippen molar-refractivity contribution in [2.24, 2.45) is 0 Å². The zero-order chi connectivity index (χ0) is 18.8. The SMILES string of the molecule is COc1cc(OC)cc(-c2nc3ccccc3n2Cc2cccc(F)c2)c1. The first-order valence-electron chi connectivity index (χ1n) is 8.61. The predicted octanol–water partition coefficient (Wildman–Crippen LogP) is 4.91. The molecular formula is C22H19FN2O2. The molecule has 1 heterocycles. The molecule has 4 aromatic rings. The van der Waals surface area contributed by atoms with Gasteiger partial charge in [0.2, 0.25) is 0 Å². The number of ether oxygens (including phenoxy) is 2. The molecule has 0 fully saturated rings. The molecule has 27 heavy (non-hydrogen) atoms. The summed E-state index contributed by atoms with van der Waals surface area (Å²) in [7, 11) is 3.24. The number of hydrogen-bond donors (Lipinski definition) is 0. The monoisotopic (exact) mass is 362 g/mol. The number of fused-ring (bicyclic) bond motifs is 1. The summed E-state index contributed by atoms with van der Waals surface area (Å²) in [6.07, 6.45) is 0. The molecule has 0 amide bonds. The van der Waals surface area contributed by atoms with Gasteiger partial charge in [0.05, 0.1) is 25.3 Å². The third-order valence-corrected chi connectivity index (χ3v) is 4.49. The zero-order valence-corrected chi connectivity index (χ0v) is 15.1. The van der Waals surface area contributed by atoms with Crippen LogP contribution in [-0.4, -0.2) is 23.8 Å². The Labute approximate surface area is 156 Å². The second kappa shape index (κ2) is 7.11. The molecular weight excluding hydrogens is 343 g/mol. The minimum Gasteiger partial charge on any atom is -0.497 e. The maximum absolute atomic E-state index is 13.7. The van der Waals surface area contributed by atoms with Crippen molar-refractivity contribution in [1.29, 1.82) is 0 Å². The predicted molar refractivity (Wildman–Crippen MR) is 104 cm³/mol. The maximum atomic E-state index is 13.7. The van der Waals surface area contributed by atoms with Crippen molar-refractivity contribution in [1.82, 2.24) is 9.55 Å². The molecule has 0 saturated carbocycles. The van der Waals surface area contributed by atoms with Crippen LogP contribution in [0.15, 0.2) is 66.7 Å². The largest absolute Gasteiger partial charge is 0.497 e. The second-order valence-electron chi connectivity index (χ2n) is 6.24. The first kappa shape index (κ1) is 17.1. The number of methoxy groups -OCH3 is 2. The Balaban J connectivity index is 1.90. The first-order valence-corrected chi connectivity index (χ1v) is 8.61. The Hall–Kier alpha value is -3.34. The van der Waals surface area contributed by atoms with Gasteiger partial charge in [-0.15, -0.1) is 0 Å². The van der Waals surface area contributed by atoms with Crippen LogP contribution in [0.3, 0.4) is 0 Å². The van der Waals surface area contributed by atoms with Gasteiger partial charge in [0.15, 0.2) is 0 Å². The molecule has 0 saturated heterocycles. The van der Waals surface area contributed by atoms with E-state index in [4.69, 9.17) is 14.5 Å². The Bertz CT molecular complexity index is 1080. The van der Waals surface area contributed by atoms with E-state index >= 15 is 0 Å². The van der Waals surface area contributed by atoms with Crippen molar-refractivity contribution >= 4 is 11.0 Å². The minimum atomic E-state index is -0.249. The van der Waals surface area contributed by atoms with E-state index < -0.39 is 0 Å². The molecule has 0 bridgehead atoms. The summed E-state index contributed by atoms with van der Waals surface area (Å²) in [6.45, 7) is 0.507. The van der Waals surface area contributed by atoms with E-state index in [1.807, 2.05) is 48.5 Å². The van der Waals surface area contributed by atoms with Crippen LogP contribution >= 0.6 is 0 Å². The number of para-hydroxylation sites is 2. The van der Waals surface area contributed by atoms with Crippen molar-refractivity contribution in [3.05, 3.63) is 78.1 Å². The highest BCUT2D eigenvalue weighted by molar-refractivity contribution is 5.81. The number of rotatable bonds is 5. The molecule has 0 N–H and O–H groups in total. The maximum Gasteiger partial charge on any atom is 0.141 e. The lowest BCUT2D eigenvalue weighted by molar-refractivity contribution is 0.394. The molecule has 4 nitrogen and oxygen atoms in total. The van der Waals surface area contributed by atoms with Gasteiger partial charge in [-0.05, 0) is 42.0 Å². The van der Waals surface area contributed by atoms with Crippen LogP contribution in [-0.2, 0) is 6.54 Å².